The number of hydrogen-bond donors (Lipinski definition) is 1. The minimum absolute atomic E-state index is 0.131. The van der Waals surface area contributed by atoms with Gasteiger partial charge in [-0.15, -0.1) is 0 Å². The molecule has 21 heavy (non-hydrogen) atoms. The van der Waals surface area contributed by atoms with Gasteiger partial charge in [0.05, 0.1) is 11.3 Å². The van der Waals surface area contributed by atoms with E-state index in [4.69, 9.17) is 0 Å². The van der Waals surface area contributed by atoms with Crippen LogP contribution < -0.4 is 5.32 Å². The minimum Gasteiger partial charge on any atom is -0.351 e. The molecule has 1 N–H and O–H groups in total. The molecule has 1 amide bonds. The predicted octanol–water partition coefficient (Wildman–Crippen LogP) is 2.72. The number of benzene rings is 1. The van der Waals surface area contributed by atoms with Crippen LogP contribution in [-0.2, 0) is 0 Å². The molecule has 110 valence electrons. The zero-order chi connectivity index (χ0) is 15.4. The van der Waals surface area contributed by atoms with Gasteiger partial charge in [0.1, 0.15) is 0 Å². The molecule has 2 aromatic rings. The van der Waals surface area contributed by atoms with Crippen molar-refractivity contribution in [2.24, 2.45) is 0 Å². The molecule has 0 saturated heterocycles. The Labute approximate surface area is 131 Å². The second-order valence-corrected chi connectivity index (χ2v) is 5.57. The number of carbonyl (C=O) groups excluding carboxylic acids is 2. The van der Waals surface area contributed by atoms with Gasteiger partial charge in [0.2, 0.25) is 5.91 Å². The molecule has 0 spiro atoms. The summed E-state index contributed by atoms with van der Waals surface area (Å²) < 4.78 is 2.10. The van der Waals surface area contributed by atoms with E-state index in [0.29, 0.717) is 5.56 Å². The monoisotopic (exact) mass is 349 g/mol. The maximum absolute atomic E-state index is 12.0. The number of halogens is 1. The summed E-state index contributed by atoms with van der Waals surface area (Å²) in [5, 5.41) is 6.86. The standard InChI is InChI=1S/C15H16BrN3O2/c1-10-9-11(2)19(18-10)14(20)7-8-17-15(21)12-5-3-4-6-13(12)16/h3-6,9H,7-8H2,1-2H3,(H,17,21). The minimum atomic E-state index is -0.205. The molecule has 0 unspecified atom stereocenters. The molecule has 0 radical (unpaired) electrons. The number of nitrogens with zero attached hydrogens (tertiary/aromatic N) is 2. The SMILES string of the molecule is Cc1cc(C)n(C(=O)CCNC(=O)c2ccccc2Br)n1. The molecule has 1 heterocycles. The molecule has 0 bridgehead atoms. The van der Waals surface area contributed by atoms with Crippen molar-refractivity contribution in [2.75, 3.05) is 6.54 Å². The molecule has 1 aromatic heterocycles. The zero-order valence-corrected chi connectivity index (χ0v) is 13.5. The second kappa shape index (κ2) is 6.67. The molecule has 0 aliphatic carbocycles. The van der Waals surface area contributed by atoms with Crippen LogP contribution in [0.25, 0.3) is 0 Å². The average molecular weight is 350 g/mol. The first-order chi connectivity index (χ1) is 9.99. The van der Waals surface area contributed by atoms with E-state index in [2.05, 4.69) is 26.3 Å². The van der Waals surface area contributed by atoms with Crippen LogP contribution in [0.1, 0.15) is 33.0 Å². The van der Waals surface area contributed by atoms with E-state index in [0.717, 1.165) is 15.9 Å². The van der Waals surface area contributed by atoms with Gasteiger partial charge in [0.25, 0.3) is 5.91 Å². The Morgan fingerprint density at radius 3 is 2.62 bits per heavy atom. The Kier molecular flexibility index (Phi) is 4.90. The van der Waals surface area contributed by atoms with Crippen molar-refractivity contribution in [1.29, 1.82) is 0 Å². The fourth-order valence-electron chi connectivity index (χ4n) is 2.01. The van der Waals surface area contributed by atoms with Gasteiger partial charge >= 0.3 is 0 Å². The maximum Gasteiger partial charge on any atom is 0.252 e. The lowest BCUT2D eigenvalue weighted by atomic mass is 10.2. The van der Waals surface area contributed by atoms with Crippen molar-refractivity contribution in [3.8, 4) is 0 Å². The fraction of sp³-hybridized carbons (Fsp3) is 0.267. The summed E-state index contributed by atoms with van der Waals surface area (Å²) in [7, 11) is 0. The third-order valence-electron chi connectivity index (χ3n) is 2.99. The van der Waals surface area contributed by atoms with E-state index in [9.17, 15) is 9.59 Å². The average Bonchev–Trinajstić information content (AvgIpc) is 2.78. The van der Waals surface area contributed by atoms with Crippen LogP contribution >= 0.6 is 15.9 Å². The summed E-state index contributed by atoms with van der Waals surface area (Å²) in [6.45, 7) is 3.94. The molecule has 0 aliphatic rings. The molecule has 0 aliphatic heterocycles. The van der Waals surface area contributed by atoms with E-state index in [1.807, 2.05) is 26.0 Å². The van der Waals surface area contributed by atoms with Crippen molar-refractivity contribution in [3.63, 3.8) is 0 Å². The van der Waals surface area contributed by atoms with Crippen LogP contribution in [0.2, 0.25) is 0 Å². The van der Waals surface area contributed by atoms with Gasteiger partial charge in [-0.05, 0) is 48.0 Å². The third kappa shape index (κ3) is 3.78. The van der Waals surface area contributed by atoms with Gasteiger partial charge in [-0.3, -0.25) is 9.59 Å². The highest BCUT2D eigenvalue weighted by atomic mass is 79.9. The molecule has 0 saturated carbocycles. The summed E-state index contributed by atoms with van der Waals surface area (Å²) in [5.74, 6) is -0.336. The zero-order valence-electron chi connectivity index (χ0n) is 11.9. The summed E-state index contributed by atoms with van der Waals surface area (Å²) >= 11 is 3.32. The van der Waals surface area contributed by atoms with Gasteiger partial charge in [0, 0.05) is 23.1 Å². The Bertz CT molecular complexity index is 679. The van der Waals surface area contributed by atoms with Crippen LogP contribution in [0.15, 0.2) is 34.8 Å². The van der Waals surface area contributed by atoms with Crippen molar-refractivity contribution in [2.45, 2.75) is 20.3 Å². The normalized spacial score (nSPS) is 10.4. The molecular weight excluding hydrogens is 334 g/mol. The first-order valence-corrected chi connectivity index (χ1v) is 7.37. The summed E-state index contributed by atoms with van der Waals surface area (Å²) in [6, 6.07) is 9.00. The Balaban J connectivity index is 1.90. The van der Waals surface area contributed by atoms with Crippen molar-refractivity contribution >= 4 is 27.7 Å². The topological polar surface area (TPSA) is 64.0 Å². The van der Waals surface area contributed by atoms with Gasteiger partial charge in [-0.25, -0.2) is 4.68 Å². The van der Waals surface area contributed by atoms with Crippen molar-refractivity contribution in [3.05, 3.63) is 51.8 Å². The first kappa shape index (κ1) is 15.4. The van der Waals surface area contributed by atoms with Gasteiger partial charge < -0.3 is 5.32 Å². The summed E-state index contributed by atoms with van der Waals surface area (Å²) in [4.78, 5) is 24.0. The van der Waals surface area contributed by atoms with Gasteiger partial charge in [0.15, 0.2) is 0 Å². The molecule has 5 nitrogen and oxygen atoms in total. The lowest BCUT2D eigenvalue weighted by Gasteiger charge is -2.07. The maximum atomic E-state index is 12.0. The Hall–Kier alpha value is -1.95. The van der Waals surface area contributed by atoms with Crippen LogP contribution in [0, 0.1) is 13.8 Å². The highest BCUT2D eigenvalue weighted by molar-refractivity contribution is 9.10. The molecule has 6 heteroatoms. The summed E-state index contributed by atoms with van der Waals surface area (Å²) in [5.41, 5.74) is 2.16. The number of hydrogen-bond acceptors (Lipinski definition) is 3. The van der Waals surface area contributed by atoms with Crippen LogP contribution in [0.4, 0.5) is 0 Å². The quantitative estimate of drug-likeness (QED) is 0.922. The highest BCUT2D eigenvalue weighted by Gasteiger charge is 2.12. The second-order valence-electron chi connectivity index (χ2n) is 4.72. The highest BCUT2D eigenvalue weighted by Crippen LogP contribution is 2.15. The molecular formula is C15H16BrN3O2. The Morgan fingerprint density at radius 1 is 1.29 bits per heavy atom. The van der Waals surface area contributed by atoms with E-state index in [1.165, 1.54) is 4.68 Å². The first-order valence-electron chi connectivity index (χ1n) is 6.58. The molecule has 0 fully saturated rings. The molecule has 1 aromatic carbocycles. The number of amides is 1. The van der Waals surface area contributed by atoms with Crippen LogP contribution in [0.5, 0.6) is 0 Å². The largest absolute Gasteiger partial charge is 0.351 e. The fourth-order valence-corrected chi connectivity index (χ4v) is 2.48. The van der Waals surface area contributed by atoms with Crippen molar-refractivity contribution in [1.82, 2.24) is 15.1 Å². The summed E-state index contributed by atoms with van der Waals surface area (Å²) in [6.07, 6.45) is 0.207. The van der Waals surface area contributed by atoms with Crippen molar-refractivity contribution < 1.29 is 9.59 Å². The van der Waals surface area contributed by atoms with Crippen LogP contribution in [0.3, 0.4) is 0 Å². The Morgan fingerprint density at radius 2 is 2.00 bits per heavy atom. The number of nitrogens with one attached hydrogen (secondary N) is 1. The number of rotatable bonds is 4. The molecule has 0 atom stereocenters. The lowest BCUT2D eigenvalue weighted by molar-refractivity contribution is 0.0876. The third-order valence-corrected chi connectivity index (χ3v) is 3.68. The smallest absolute Gasteiger partial charge is 0.252 e. The van der Waals surface area contributed by atoms with Crippen LogP contribution in [-0.4, -0.2) is 28.1 Å². The van der Waals surface area contributed by atoms with E-state index in [-0.39, 0.29) is 24.8 Å². The number of carbonyl (C=O) groups is 2. The molecule has 2 rings (SSSR count). The lowest BCUT2D eigenvalue weighted by Crippen LogP contribution is -2.28. The number of aryl methyl sites for hydroxylation is 2. The van der Waals surface area contributed by atoms with Gasteiger partial charge in [-0.1, -0.05) is 12.1 Å². The van der Waals surface area contributed by atoms with E-state index >= 15 is 0 Å². The number of aromatic nitrogens is 2. The van der Waals surface area contributed by atoms with E-state index < -0.39 is 0 Å². The van der Waals surface area contributed by atoms with E-state index in [1.54, 1.807) is 18.2 Å². The predicted molar refractivity (Wildman–Crippen MR) is 83.4 cm³/mol. The van der Waals surface area contributed by atoms with Gasteiger partial charge in [-0.2, -0.15) is 5.10 Å².